The minimum absolute atomic E-state index is 0.0594. The number of fused-ring (bicyclic) bond motifs is 3. The number of aromatic nitrogens is 3. The zero-order valence-corrected chi connectivity index (χ0v) is 20.7. The summed E-state index contributed by atoms with van der Waals surface area (Å²) in [5.74, 6) is 1.26. The highest BCUT2D eigenvalue weighted by Crippen LogP contribution is 2.40. The van der Waals surface area contributed by atoms with Crippen LogP contribution in [0.3, 0.4) is 0 Å². The standard InChI is InChI=1S/C30H31N5O2/c36-30(33-29(19-4-5-19)27-3-1-2-14-31-27)20-8-13-26-25(15-20)28(35-34-26)18-6-11-23(12-7-18)37-24-16-21-9-10-22(17-24)32-21/h1-3,6-8,11-15,19,21-22,24,29,32H,4-5,9-10,16-17H2,(H,33,36)(H,34,35)/t21-,22+,24?,29?. The molecule has 3 aliphatic rings. The highest BCUT2D eigenvalue weighted by atomic mass is 16.5. The quantitative estimate of drug-likeness (QED) is 0.330. The molecule has 0 spiro atoms. The molecule has 2 aromatic carbocycles. The van der Waals surface area contributed by atoms with E-state index in [1.165, 1.54) is 12.8 Å². The zero-order valence-electron chi connectivity index (χ0n) is 20.7. The molecule has 1 aliphatic carbocycles. The minimum Gasteiger partial charge on any atom is -0.490 e. The van der Waals surface area contributed by atoms with Crippen LogP contribution < -0.4 is 15.4 Å². The SMILES string of the molecule is O=C(NC(c1ccccn1)C1CC1)c1ccc2[nH]nc(-c3ccc(OC4C[C@H]5CC[C@@H](C4)N5)cc3)c2c1. The van der Waals surface area contributed by atoms with Crippen molar-refractivity contribution in [1.29, 1.82) is 0 Å². The average Bonchev–Trinajstić information content (AvgIpc) is 3.60. The van der Waals surface area contributed by atoms with Crippen molar-refractivity contribution in [2.24, 2.45) is 5.92 Å². The molecule has 2 aliphatic heterocycles. The first-order chi connectivity index (χ1) is 18.2. The Morgan fingerprint density at radius 1 is 0.973 bits per heavy atom. The van der Waals surface area contributed by atoms with E-state index in [0.717, 1.165) is 59.3 Å². The zero-order chi connectivity index (χ0) is 24.8. The Hall–Kier alpha value is -3.71. The summed E-state index contributed by atoms with van der Waals surface area (Å²) in [5.41, 5.74) is 4.27. The minimum atomic E-state index is -0.0868. The van der Waals surface area contributed by atoms with E-state index in [4.69, 9.17) is 4.74 Å². The van der Waals surface area contributed by atoms with Crippen LogP contribution in [-0.2, 0) is 0 Å². The van der Waals surface area contributed by atoms with Gasteiger partial charge >= 0.3 is 0 Å². The molecule has 7 rings (SSSR count). The van der Waals surface area contributed by atoms with E-state index in [2.05, 4.69) is 37.9 Å². The topological polar surface area (TPSA) is 91.9 Å². The molecular formula is C30H31N5O2. The highest BCUT2D eigenvalue weighted by Gasteiger charge is 2.35. The smallest absolute Gasteiger partial charge is 0.251 e. The Kier molecular flexibility index (Phi) is 5.65. The second-order valence-corrected chi connectivity index (χ2v) is 10.7. The van der Waals surface area contributed by atoms with Crippen molar-refractivity contribution in [1.82, 2.24) is 25.8 Å². The number of carbonyl (C=O) groups is 1. The Balaban J connectivity index is 1.09. The lowest BCUT2D eigenvalue weighted by Crippen LogP contribution is -2.42. The largest absolute Gasteiger partial charge is 0.490 e. The molecule has 4 heterocycles. The van der Waals surface area contributed by atoms with Crippen molar-refractivity contribution in [3.05, 3.63) is 78.1 Å². The lowest BCUT2D eigenvalue weighted by Gasteiger charge is -2.29. The number of pyridine rings is 1. The van der Waals surface area contributed by atoms with E-state index < -0.39 is 0 Å². The van der Waals surface area contributed by atoms with E-state index >= 15 is 0 Å². The first-order valence-corrected chi connectivity index (χ1v) is 13.4. The monoisotopic (exact) mass is 493 g/mol. The van der Waals surface area contributed by atoms with Crippen molar-refractivity contribution in [2.75, 3.05) is 0 Å². The number of H-pyrrole nitrogens is 1. The summed E-state index contributed by atoms with van der Waals surface area (Å²) in [4.78, 5) is 17.8. The maximum absolute atomic E-state index is 13.3. The molecule has 1 saturated carbocycles. The van der Waals surface area contributed by atoms with Gasteiger partial charge in [-0.15, -0.1) is 0 Å². The van der Waals surface area contributed by atoms with Gasteiger partial charge in [0.1, 0.15) is 11.9 Å². The first-order valence-electron chi connectivity index (χ1n) is 13.4. The van der Waals surface area contributed by atoms with Crippen LogP contribution in [0.2, 0.25) is 0 Å². The van der Waals surface area contributed by atoms with Crippen LogP contribution in [0.1, 0.15) is 60.6 Å². The molecule has 1 amide bonds. The van der Waals surface area contributed by atoms with Crippen molar-refractivity contribution in [3.63, 3.8) is 0 Å². The number of amides is 1. The van der Waals surface area contributed by atoms with E-state index in [0.29, 0.717) is 23.6 Å². The third kappa shape index (κ3) is 4.60. The van der Waals surface area contributed by atoms with Crippen molar-refractivity contribution in [3.8, 4) is 17.0 Å². The summed E-state index contributed by atoms with van der Waals surface area (Å²) in [6.45, 7) is 0. The van der Waals surface area contributed by atoms with Crippen LogP contribution in [0.15, 0.2) is 66.9 Å². The number of hydrogen-bond donors (Lipinski definition) is 3. The van der Waals surface area contributed by atoms with Crippen LogP contribution in [0.5, 0.6) is 5.75 Å². The molecule has 7 nitrogen and oxygen atoms in total. The number of nitrogens with one attached hydrogen (secondary N) is 3. The van der Waals surface area contributed by atoms with Crippen LogP contribution in [0.4, 0.5) is 0 Å². The number of piperidine rings is 1. The Labute approximate surface area is 216 Å². The predicted octanol–water partition coefficient (Wildman–Crippen LogP) is 5.17. The number of nitrogens with zero attached hydrogens (tertiary/aromatic N) is 2. The number of benzene rings is 2. The normalized spacial score (nSPS) is 23.6. The fourth-order valence-corrected chi connectivity index (χ4v) is 6.01. The Bertz CT molecular complexity index is 1400. The lowest BCUT2D eigenvalue weighted by molar-refractivity contribution is 0.0930. The molecule has 2 aromatic heterocycles. The summed E-state index contributed by atoms with van der Waals surface area (Å²) in [6.07, 6.45) is 8.98. The molecule has 2 bridgehead atoms. The van der Waals surface area contributed by atoms with Gasteiger partial charge in [0, 0.05) is 34.8 Å². The summed E-state index contributed by atoms with van der Waals surface area (Å²) < 4.78 is 6.32. The first kappa shape index (κ1) is 22.5. The van der Waals surface area contributed by atoms with Gasteiger partial charge in [-0.05, 0) is 99.0 Å². The van der Waals surface area contributed by atoms with E-state index in [1.807, 2.05) is 48.5 Å². The van der Waals surface area contributed by atoms with Gasteiger partial charge in [-0.1, -0.05) is 6.07 Å². The van der Waals surface area contributed by atoms with Crippen LogP contribution in [0.25, 0.3) is 22.2 Å². The molecule has 4 aromatic rings. The maximum Gasteiger partial charge on any atom is 0.251 e. The number of hydrogen-bond acceptors (Lipinski definition) is 5. The van der Waals surface area contributed by atoms with Crippen LogP contribution in [-0.4, -0.2) is 39.3 Å². The third-order valence-electron chi connectivity index (χ3n) is 8.07. The fourth-order valence-electron chi connectivity index (χ4n) is 6.01. The maximum atomic E-state index is 13.3. The van der Waals surface area contributed by atoms with Gasteiger partial charge in [0.2, 0.25) is 0 Å². The van der Waals surface area contributed by atoms with E-state index in [1.54, 1.807) is 6.20 Å². The van der Waals surface area contributed by atoms with Gasteiger partial charge in [-0.3, -0.25) is 14.9 Å². The molecule has 7 heteroatoms. The van der Waals surface area contributed by atoms with Crippen LogP contribution >= 0.6 is 0 Å². The van der Waals surface area contributed by atoms with Gasteiger partial charge in [0.05, 0.1) is 22.9 Å². The number of carbonyl (C=O) groups excluding carboxylic acids is 1. The molecule has 4 atom stereocenters. The second-order valence-electron chi connectivity index (χ2n) is 10.7. The molecule has 3 fully saturated rings. The van der Waals surface area contributed by atoms with Crippen molar-refractivity contribution >= 4 is 16.8 Å². The molecule has 2 saturated heterocycles. The molecule has 188 valence electrons. The average molecular weight is 494 g/mol. The van der Waals surface area contributed by atoms with Gasteiger partial charge in [0.25, 0.3) is 5.91 Å². The third-order valence-corrected chi connectivity index (χ3v) is 8.07. The van der Waals surface area contributed by atoms with Gasteiger partial charge < -0.3 is 15.4 Å². The highest BCUT2D eigenvalue weighted by molar-refractivity contribution is 6.01. The molecular weight excluding hydrogens is 462 g/mol. The number of aromatic amines is 1. The van der Waals surface area contributed by atoms with Gasteiger partial charge in [0.15, 0.2) is 0 Å². The van der Waals surface area contributed by atoms with E-state index in [9.17, 15) is 4.79 Å². The Morgan fingerprint density at radius 3 is 2.51 bits per heavy atom. The summed E-state index contributed by atoms with van der Waals surface area (Å²) >= 11 is 0. The van der Waals surface area contributed by atoms with Gasteiger partial charge in [-0.2, -0.15) is 5.10 Å². The number of rotatable bonds is 7. The second kappa shape index (κ2) is 9.30. The molecule has 37 heavy (non-hydrogen) atoms. The molecule has 2 unspecified atom stereocenters. The van der Waals surface area contributed by atoms with Crippen LogP contribution in [0, 0.1) is 5.92 Å². The van der Waals surface area contributed by atoms with Gasteiger partial charge in [-0.25, -0.2) is 0 Å². The summed E-state index contributed by atoms with van der Waals surface area (Å²) in [7, 11) is 0. The molecule has 3 N–H and O–H groups in total. The van der Waals surface area contributed by atoms with Crippen molar-refractivity contribution in [2.45, 2.75) is 62.8 Å². The fraction of sp³-hybridized carbons (Fsp3) is 0.367. The Morgan fingerprint density at radius 2 is 1.78 bits per heavy atom. The summed E-state index contributed by atoms with van der Waals surface area (Å²) in [6, 6.07) is 20.9. The predicted molar refractivity (Wildman–Crippen MR) is 142 cm³/mol. The van der Waals surface area contributed by atoms with Crippen molar-refractivity contribution < 1.29 is 9.53 Å². The summed E-state index contributed by atoms with van der Waals surface area (Å²) in [5, 5.41) is 15.5. The van der Waals surface area contributed by atoms with E-state index in [-0.39, 0.29) is 18.1 Å². The number of ether oxygens (including phenoxy) is 1. The molecule has 0 radical (unpaired) electrons. The lowest BCUT2D eigenvalue weighted by atomic mass is 10.0.